The Bertz CT molecular complexity index is 1820. The van der Waals surface area contributed by atoms with Crippen molar-refractivity contribution < 1.29 is 30.0 Å². The fraction of sp³-hybridized carbons (Fsp3) is 0.211. The van der Waals surface area contributed by atoms with E-state index in [1.807, 2.05) is 0 Å². The van der Waals surface area contributed by atoms with E-state index in [1.165, 1.54) is 59.2 Å². The minimum absolute atomic E-state index is 0. The fourth-order valence-electron chi connectivity index (χ4n) is 6.43. The number of aliphatic hydroxyl groups is 1. The number of pyridine rings is 1. The summed E-state index contributed by atoms with van der Waals surface area (Å²) in [7, 11) is 0. The maximum atomic E-state index is 10.0. The van der Waals surface area contributed by atoms with Gasteiger partial charge in [-0.3, -0.25) is 9.78 Å². The number of para-hydroxylation sites is 3. The third kappa shape index (κ3) is 5.11. The molecule has 0 bridgehead atoms. The number of aliphatic hydroxyl groups excluding tert-OH is 1. The number of hydrogen-bond donors (Lipinski definition) is 1. The summed E-state index contributed by atoms with van der Waals surface area (Å²) in [5.41, 5.74) is 11.7. The Morgan fingerprint density at radius 3 is 1.98 bits per heavy atom. The molecular formula is C38H35IrN2O2-. The standard InChI is InChI=1S/C33H27N2.C5H8O2.Ir/c1-32(2)23-12-6-9-15-29(23)35-30-16-10-7-13-24(30)33(3,4)26-20-22(19-25(32)31(26)35)28-18-17-21-11-5-8-14-27(21)34-28;1-4(6)3-5(2)7;/h5-19H,1-4H3;3,6H,1-2H3;/q-1;;/b;4-3-;. The molecule has 2 aliphatic rings. The first-order valence-electron chi connectivity index (χ1n) is 14.3. The predicted molar refractivity (Wildman–Crippen MR) is 172 cm³/mol. The molecule has 0 saturated heterocycles. The largest absolute Gasteiger partial charge is 0.512 e. The van der Waals surface area contributed by atoms with Crippen molar-refractivity contribution in [1.82, 2.24) is 4.98 Å². The van der Waals surface area contributed by atoms with Gasteiger partial charge in [0, 0.05) is 48.4 Å². The summed E-state index contributed by atoms with van der Waals surface area (Å²) < 4.78 is 0. The van der Waals surface area contributed by atoms with Gasteiger partial charge in [0.2, 0.25) is 0 Å². The van der Waals surface area contributed by atoms with Crippen LogP contribution in [0.2, 0.25) is 0 Å². The SMILES string of the molecule is CC(=O)/C=C(/C)O.CC1(C)c2[c-]c(-c3ccc4ccccc4n3)cc3c2N(c2ccccc21)c1ccccc1C3(C)C.[Ir]. The first kappa shape index (κ1) is 30.4. The van der Waals surface area contributed by atoms with Crippen LogP contribution in [0.1, 0.15) is 63.8 Å². The molecule has 0 atom stereocenters. The number of aromatic nitrogens is 1. The normalized spacial score (nSPS) is 15.2. The Morgan fingerprint density at radius 1 is 0.791 bits per heavy atom. The van der Waals surface area contributed by atoms with Crippen LogP contribution in [0.5, 0.6) is 0 Å². The van der Waals surface area contributed by atoms with Crippen molar-refractivity contribution >= 4 is 33.7 Å². The van der Waals surface area contributed by atoms with Gasteiger partial charge in [-0.25, -0.2) is 0 Å². The van der Waals surface area contributed by atoms with Crippen molar-refractivity contribution in [3.8, 4) is 11.3 Å². The molecule has 1 radical (unpaired) electrons. The van der Waals surface area contributed by atoms with E-state index in [4.69, 9.17) is 10.1 Å². The number of anilines is 3. The van der Waals surface area contributed by atoms with Crippen molar-refractivity contribution in [2.24, 2.45) is 0 Å². The number of nitrogens with zero attached hydrogens (tertiary/aromatic N) is 2. The quantitative estimate of drug-likeness (QED) is 0.111. The van der Waals surface area contributed by atoms with Crippen LogP contribution in [-0.2, 0) is 35.7 Å². The summed E-state index contributed by atoms with van der Waals surface area (Å²) in [5, 5.41) is 9.52. The zero-order valence-electron chi connectivity index (χ0n) is 25.3. The van der Waals surface area contributed by atoms with Gasteiger partial charge in [0.15, 0.2) is 5.78 Å². The summed E-state index contributed by atoms with van der Waals surface area (Å²) >= 11 is 0. The molecule has 219 valence electrons. The van der Waals surface area contributed by atoms with E-state index in [1.54, 1.807) is 0 Å². The number of fused-ring (bicyclic) bond motifs is 5. The maximum Gasteiger partial charge on any atom is 0.155 e. The Morgan fingerprint density at radius 2 is 1.37 bits per heavy atom. The minimum Gasteiger partial charge on any atom is -0.512 e. The molecule has 5 heteroatoms. The van der Waals surface area contributed by atoms with Gasteiger partial charge >= 0.3 is 0 Å². The monoisotopic (exact) mass is 744 g/mol. The first-order chi connectivity index (χ1) is 20.0. The molecule has 0 aliphatic carbocycles. The second-order valence-electron chi connectivity index (χ2n) is 12.2. The number of allylic oxidation sites excluding steroid dienone is 2. The Kier molecular flexibility index (Phi) is 7.94. The molecule has 0 saturated carbocycles. The summed E-state index contributed by atoms with van der Waals surface area (Å²) in [6.45, 7) is 12.2. The molecule has 4 nitrogen and oxygen atoms in total. The Balaban J connectivity index is 0.000000415. The van der Waals surface area contributed by atoms with E-state index >= 15 is 0 Å². The van der Waals surface area contributed by atoms with Crippen molar-refractivity contribution in [3.05, 3.63) is 131 Å². The molecule has 4 aromatic carbocycles. The molecule has 5 aromatic rings. The van der Waals surface area contributed by atoms with Crippen LogP contribution in [0.3, 0.4) is 0 Å². The van der Waals surface area contributed by atoms with Crippen LogP contribution in [-0.4, -0.2) is 15.9 Å². The van der Waals surface area contributed by atoms with E-state index in [0.29, 0.717) is 0 Å². The average Bonchev–Trinajstić information content (AvgIpc) is 2.96. The molecule has 2 aliphatic heterocycles. The number of rotatable bonds is 2. The summed E-state index contributed by atoms with van der Waals surface area (Å²) in [5.74, 6) is -0.0625. The Hall–Kier alpha value is -4.05. The predicted octanol–water partition coefficient (Wildman–Crippen LogP) is 9.49. The van der Waals surface area contributed by atoms with Crippen LogP contribution < -0.4 is 4.90 Å². The second-order valence-corrected chi connectivity index (χ2v) is 12.2. The molecule has 43 heavy (non-hydrogen) atoms. The first-order valence-corrected chi connectivity index (χ1v) is 14.3. The summed E-state index contributed by atoms with van der Waals surface area (Å²) in [4.78, 5) is 17.5. The third-order valence-electron chi connectivity index (χ3n) is 8.49. The number of ketones is 1. The van der Waals surface area contributed by atoms with Crippen molar-refractivity contribution in [2.75, 3.05) is 4.90 Å². The molecule has 0 amide bonds. The van der Waals surface area contributed by atoms with Crippen LogP contribution in [0.4, 0.5) is 17.1 Å². The van der Waals surface area contributed by atoms with Gasteiger partial charge in [-0.2, -0.15) is 0 Å². The summed E-state index contributed by atoms with van der Waals surface area (Å²) in [6, 6.07) is 36.5. The van der Waals surface area contributed by atoms with Crippen molar-refractivity contribution in [1.29, 1.82) is 0 Å². The van der Waals surface area contributed by atoms with Gasteiger partial charge in [0.25, 0.3) is 0 Å². The van der Waals surface area contributed by atoms with Crippen LogP contribution in [0.25, 0.3) is 22.2 Å². The maximum absolute atomic E-state index is 10.0. The van der Waals surface area contributed by atoms with E-state index in [0.717, 1.165) is 22.2 Å². The molecule has 0 unspecified atom stereocenters. The van der Waals surface area contributed by atoms with Crippen molar-refractivity contribution in [2.45, 2.75) is 52.4 Å². The average molecular weight is 744 g/mol. The minimum atomic E-state index is -0.188. The van der Waals surface area contributed by atoms with Crippen LogP contribution in [0, 0.1) is 6.07 Å². The zero-order valence-corrected chi connectivity index (χ0v) is 27.7. The molecule has 3 heterocycles. The number of hydrogen-bond acceptors (Lipinski definition) is 4. The van der Waals surface area contributed by atoms with E-state index < -0.39 is 0 Å². The van der Waals surface area contributed by atoms with Crippen LogP contribution >= 0.6 is 0 Å². The molecule has 0 spiro atoms. The molecular weight excluding hydrogens is 709 g/mol. The van der Waals surface area contributed by atoms with Gasteiger partial charge in [-0.1, -0.05) is 106 Å². The second kappa shape index (κ2) is 11.2. The van der Waals surface area contributed by atoms with Crippen LogP contribution in [0.15, 0.2) is 103 Å². The van der Waals surface area contributed by atoms with Gasteiger partial charge < -0.3 is 10.0 Å². The van der Waals surface area contributed by atoms with Gasteiger partial charge in [-0.05, 0) is 59.9 Å². The molecule has 1 N–H and O–H groups in total. The Labute approximate surface area is 267 Å². The number of carbonyl (C=O) groups is 1. The molecule has 0 fully saturated rings. The topological polar surface area (TPSA) is 53.4 Å². The number of benzene rings is 4. The number of carbonyl (C=O) groups excluding carboxylic acids is 1. The summed E-state index contributed by atoms with van der Waals surface area (Å²) in [6.07, 6.45) is 1.17. The molecule has 7 rings (SSSR count). The fourth-order valence-corrected chi connectivity index (χ4v) is 6.43. The molecule has 1 aromatic heterocycles. The van der Waals surface area contributed by atoms with Crippen molar-refractivity contribution in [3.63, 3.8) is 0 Å². The smallest absolute Gasteiger partial charge is 0.155 e. The van der Waals surface area contributed by atoms with Gasteiger partial charge in [0.1, 0.15) is 0 Å². The van der Waals surface area contributed by atoms with E-state index in [9.17, 15) is 4.79 Å². The zero-order chi connectivity index (χ0) is 29.8. The van der Waals surface area contributed by atoms with E-state index in [-0.39, 0.29) is 42.5 Å². The third-order valence-corrected chi connectivity index (χ3v) is 8.49. The van der Waals surface area contributed by atoms with Gasteiger partial charge in [-0.15, -0.1) is 17.7 Å². The van der Waals surface area contributed by atoms with E-state index in [2.05, 4.69) is 130 Å². The van der Waals surface area contributed by atoms with Gasteiger partial charge in [0.05, 0.1) is 11.3 Å².